The third-order valence-corrected chi connectivity index (χ3v) is 2.28. The maximum absolute atomic E-state index is 11.9. The molecule has 0 saturated heterocycles. The van der Waals surface area contributed by atoms with E-state index in [0.29, 0.717) is 0 Å². The number of allylic oxidation sites excluding steroid dienone is 2. The molecule has 0 fully saturated rings. The molecule has 1 aromatic rings. The van der Waals surface area contributed by atoms with E-state index in [1.807, 2.05) is 6.92 Å². The zero-order chi connectivity index (χ0) is 12.9. The second-order valence-electron chi connectivity index (χ2n) is 3.75. The largest absolute Gasteiger partial charge is 0.573 e. The van der Waals surface area contributed by atoms with Gasteiger partial charge in [0.15, 0.2) is 0 Å². The summed E-state index contributed by atoms with van der Waals surface area (Å²) in [5.41, 5.74) is 1.97. The molecule has 0 aromatic heterocycles. The highest BCUT2D eigenvalue weighted by Crippen LogP contribution is 2.24. The van der Waals surface area contributed by atoms with Crippen LogP contribution in [0.2, 0.25) is 0 Å². The summed E-state index contributed by atoms with van der Waals surface area (Å²) in [5.74, 6) is -0.190. The van der Waals surface area contributed by atoms with Crippen LogP contribution in [0.4, 0.5) is 13.2 Å². The molecule has 1 aromatic carbocycles. The zero-order valence-corrected chi connectivity index (χ0v) is 9.84. The van der Waals surface area contributed by atoms with E-state index >= 15 is 0 Å². The zero-order valence-electron chi connectivity index (χ0n) is 9.84. The first-order chi connectivity index (χ1) is 7.92. The van der Waals surface area contributed by atoms with Crippen molar-refractivity contribution in [2.75, 3.05) is 0 Å². The van der Waals surface area contributed by atoms with E-state index < -0.39 is 6.36 Å². The van der Waals surface area contributed by atoms with Crippen LogP contribution in [0, 0.1) is 0 Å². The highest BCUT2D eigenvalue weighted by atomic mass is 19.4. The average Bonchev–Trinajstić information content (AvgIpc) is 2.24. The lowest BCUT2D eigenvalue weighted by atomic mass is 10.1. The molecular formula is C13H15F3O. The molecule has 0 aliphatic rings. The summed E-state index contributed by atoms with van der Waals surface area (Å²) in [6.07, 6.45) is -0.548. The monoisotopic (exact) mass is 244 g/mol. The van der Waals surface area contributed by atoms with Crippen LogP contribution < -0.4 is 4.74 Å². The predicted molar refractivity (Wildman–Crippen MR) is 61.7 cm³/mol. The molecule has 0 saturated carbocycles. The van der Waals surface area contributed by atoms with E-state index in [-0.39, 0.29) is 5.75 Å². The molecule has 1 rings (SSSR count). The van der Waals surface area contributed by atoms with Gasteiger partial charge in [-0.05, 0) is 36.6 Å². The lowest BCUT2D eigenvalue weighted by molar-refractivity contribution is -0.274. The number of hydrogen-bond acceptors (Lipinski definition) is 1. The van der Waals surface area contributed by atoms with Gasteiger partial charge in [-0.1, -0.05) is 31.6 Å². The molecule has 0 unspecified atom stereocenters. The van der Waals surface area contributed by atoms with Crippen LogP contribution >= 0.6 is 0 Å². The van der Waals surface area contributed by atoms with Gasteiger partial charge in [-0.3, -0.25) is 0 Å². The van der Waals surface area contributed by atoms with Crippen LogP contribution in [0.25, 0.3) is 5.57 Å². The standard InChI is InChI=1S/C13H15F3O/c1-3-4-5-10(2)11-6-8-12(9-7-11)17-13(14,15)16/h5-9H,3-4H2,1-2H3/b10-5+. The first-order valence-corrected chi connectivity index (χ1v) is 5.45. The quantitative estimate of drug-likeness (QED) is 0.740. The van der Waals surface area contributed by atoms with Crippen LogP contribution in [0.3, 0.4) is 0 Å². The van der Waals surface area contributed by atoms with E-state index in [1.165, 1.54) is 12.1 Å². The Labute approximate surface area is 98.9 Å². The van der Waals surface area contributed by atoms with E-state index in [4.69, 9.17) is 0 Å². The van der Waals surface area contributed by atoms with Crippen LogP contribution in [0.1, 0.15) is 32.3 Å². The number of halogens is 3. The number of alkyl halides is 3. The van der Waals surface area contributed by atoms with E-state index in [9.17, 15) is 13.2 Å². The minimum atomic E-state index is -4.63. The molecule has 0 aliphatic heterocycles. The van der Waals surface area contributed by atoms with E-state index in [2.05, 4.69) is 17.7 Å². The molecule has 0 atom stereocenters. The van der Waals surface area contributed by atoms with Gasteiger partial charge in [-0.25, -0.2) is 0 Å². The van der Waals surface area contributed by atoms with E-state index in [1.54, 1.807) is 12.1 Å². The highest BCUT2D eigenvalue weighted by Gasteiger charge is 2.30. The van der Waals surface area contributed by atoms with E-state index in [0.717, 1.165) is 24.0 Å². The fourth-order valence-corrected chi connectivity index (χ4v) is 1.40. The van der Waals surface area contributed by atoms with Crippen molar-refractivity contribution in [3.63, 3.8) is 0 Å². The molecule has 0 bridgehead atoms. The van der Waals surface area contributed by atoms with Crippen molar-refractivity contribution >= 4 is 5.57 Å². The van der Waals surface area contributed by atoms with Crippen molar-refractivity contribution in [3.8, 4) is 5.75 Å². The third kappa shape index (κ3) is 4.93. The fraction of sp³-hybridized carbons (Fsp3) is 0.385. The minimum absolute atomic E-state index is 0.190. The second-order valence-corrected chi connectivity index (χ2v) is 3.75. The second kappa shape index (κ2) is 5.75. The number of ether oxygens (including phenoxy) is 1. The number of rotatable bonds is 4. The van der Waals surface area contributed by atoms with Crippen molar-refractivity contribution in [1.29, 1.82) is 0 Å². The van der Waals surface area contributed by atoms with Crippen molar-refractivity contribution in [1.82, 2.24) is 0 Å². The average molecular weight is 244 g/mol. The Morgan fingerprint density at radius 3 is 2.29 bits per heavy atom. The van der Waals surface area contributed by atoms with Gasteiger partial charge in [-0.2, -0.15) is 0 Å². The smallest absolute Gasteiger partial charge is 0.406 e. The van der Waals surface area contributed by atoms with Gasteiger partial charge < -0.3 is 4.74 Å². The molecule has 1 nitrogen and oxygen atoms in total. The van der Waals surface area contributed by atoms with Crippen LogP contribution in [-0.2, 0) is 0 Å². The van der Waals surface area contributed by atoms with Crippen LogP contribution in [0.5, 0.6) is 5.75 Å². The van der Waals surface area contributed by atoms with Gasteiger partial charge in [0.2, 0.25) is 0 Å². The van der Waals surface area contributed by atoms with Crippen molar-refractivity contribution in [2.45, 2.75) is 33.1 Å². The topological polar surface area (TPSA) is 9.23 Å². The molecule has 0 spiro atoms. The highest BCUT2D eigenvalue weighted by molar-refractivity contribution is 5.64. The fourth-order valence-electron chi connectivity index (χ4n) is 1.40. The summed E-state index contributed by atoms with van der Waals surface area (Å²) in [6.45, 7) is 4.01. The first kappa shape index (κ1) is 13.6. The summed E-state index contributed by atoms with van der Waals surface area (Å²) in [6, 6.07) is 5.91. The van der Waals surface area contributed by atoms with Crippen molar-refractivity contribution in [3.05, 3.63) is 35.9 Å². The summed E-state index contributed by atoms with van der Waals surface area (Å²) < 4.78 is 39.6. The SMILES string of the molecule is CCC/C=C(\C)c1ccc(OC(F)(F)F)cc1. The molecule has 0 N–H and O–H groups in total. The van der Waals surface area contributed by atoms with Crippen molar-refractivity contribution < 1.29 is 17.9 Å². The maximum atomic E-state index is 11.9. The lowest BCUT2D eigenvalue weighted by Crippen LogP contribution is -2.16. The summed E-state index contributed by atoms with van der Waals surface area (Å²) in [5, 5.41) is 0. The van der Waals surface area contributed by atoms with Crippen molar-refractivity contribution in [2.24, 2.45) is 0 Å². The molecule has 0 radical (unpaired) electrons. The van der Waals surface area contributed by atoms with Gasteiger partial charge in [-0.15, -0.1) is 13.2 Å². The van der Waals surface area contributed by atoms with Gasteiger partial charge in [0.05, 0.1) is 0 Å². The Balaban J connectivity index is 2.74. The Kier molecular flexibility index (Phi) is 4.61. The predicted octanol–water partition coefficient (Wildman–Crippen LogP) is 4.79. The van der Waals surface area contributed by atoms with Gasteiger partial charge in [0.25, 0.3) is 0 Å². The van der Waals surface area contributed by atoms with Gasteiger partial charge >= 0.3 is 6.36 Å². The molecule has 4 heteroatoms. The number of unbranched alkanes of at least 4 members (excludes halogenated alkanes) is 1. The minimum Gasteiger partial charge on any atom is -0.406 e. The summed E-state index contributed by atoms with van der Waals surface area (Å²) in [7, 11) is 0. The normalized spacial score (nSPS) is 12.6. The van der Waals surface area contributed by atoms with Gasteiger partial charge in [0, 0.05) is 0 Å². The molecule has 17 heavy (non-hydrogen) atoms. The number of hydrogen-bond donors (Lipinski definition) is 0. The van der Waals surface area contributed by atoms with Crippen LogP contribution in [0.15, 0.2) is 30.3 Å². The lowest BCUT2D eigenvalue weighted by Gasteiger charge is -2.09. The first-order valence-electron chi connectivity index (χ1n) is 5.45. The van der Waals surface area contributed by atoms with Crippen LogP contribution in [-0.4, -0.2) is 6.36 Å². The molecule has 0 amide bonds. The maximum Gasteiger partial charge on any atom is 0.573 e. The molecule has 0 heterocycles. The Bertz CT molecular complexity index is 377. The number of benzene rings is 1. The molecular weight excluding hydrogens is 229 g/mol. The Hall–Kier alpha value is -1.45. The third-order valence-electron chi connectivity index (χ3n) is 2.28. The molecule has 0 aliphatic carbocycles. The molecule has 94 valence electrons. The Morgan fingerprint density at radius 1 is 1.24 bits per heavy atom. The summed E-state index contributed by atoms with van der Waals surface area (Å²) >= 11 is 0. The summed E-state index contributed by atoms with van der Waals surface area (Å²) in [4.78, 5) is 0. The Morgan fingerprint density at radius 2 is 1.82 bits per heavy atom. The van der Waals surface area contributed by atoms with Gasteiger partial charge in [0.1, 0.15) is 5.75 Å².